The van der Waals surface area contributed by atoms with Crippen molar-refractivity contribution in [2.24, 2.45) is 11.0 Å². The number of nitrogens with two attached hydrogens (primary N) is 1. The Bertz CT molecular complexity index is 1470. The Labute approximate surface area is 227 Å². The average molecular weight is 628 g/mol. The van der Waals surface area contributed by atoms with Gasteiger partial charge in [-0.2, -0.15) is 9.29 Å². The Balaban J connectivity index is 1.39. The summed E-state index contributed by atoms with van der Waals surface area (Å²) in [6.45, 7) is -1.36. The van der Waals surface area contributed by atoms with Gasteiger partial charge in [0.2, 0.25) is 5.95 Å². The summed E-state index contributed by atoms with van der Waals surface area (Å²) in [6.07, 6.45) is -11.5. The zero-order valence-corrected chi connectivity index (χ0v) is 22.3. The summed E-state index contributed by atoms with van der Waals surface area (Å²) in [7, 11) is -11.0. The minimum absolute atomic E-state index is 0.00465. The van der Waals surface area contributed by atoms with E-state index in [1.54, 1.807) is 0 Å². The number of rotatable bonds is 10. The lowest BCUT2D eigenvalue weighted by molar-refractivity contribution is -0.272. The summed E-state index contributed by atoms with van der Waals surface area (Å²) in [6, 6.07) is -0.936. The fraction of sp³-hybridized carbons (Fsp3) is 0.706. The first-order valence-corrected chi connectivity index (χ1v) is 14.6. The zero-order chi connectivity index (χ0) is 30.3. The molecule has 2 aromatic rings. The van der Waals surface area contributed by atoms with Crippen molar-refractivity contribution in [3.8, 4) is 0 Å². The Morgan fingerprint density at radius 1 is 1.15 bits per heavy atom. The lowest BCUT2D eigenvalue weighted by Crippen LogP contribution is -2.58. The molecule has 2 unspecified atom stereocenters. The van der Waals surface area contributed by atoms with Gasteiger partial charge in [0.1, 0.15) is 24.4 Å². The van der Waals surface area contributed by atoms with Gasteiger partial charge in [-0.05, 0) is 12.0 Å². The van der Waals surface area contributed by atoms with Crippen LogP contribution in [-0.4, -0.2) is 111 Å². The number of azide groups is 1. The molecule has 41 heavy (non-hydrogen) atoms. The summed E-state index contributed by atoms with van der Waals surface area (Å²) in [4.78, 5) is 44.6. The first-order chi connectivity index (χ1) is 19.1. The molecule has 0 spiro atoms. The van der Waals surface area contributed by atoms with Gasteiger partial charge in [-0.15, -0.1) is 0 Å². The topological polar surface area (TPSA) is 351 Å². The van der Waals surface area contributed by atoms with Crippen LogP contribution in [-0.2, 0) is 27.2 Å². The minimum atomic E-state index is -5.59. The van der Waals surface area contributed by atoms with Crippen molar-refractivity contribution >= 4 is 32.8 Å². The highest BCUT2D eigenvalue weighted by atomic mass is 31.3. The van der Waals surface area contributed by atoms with Gasteiger partial charge < -0.3 is 50.4 Å². The molecule has 2 fully saturated rings. The van der Waals surface area contributed by atoms with Crippen LogP contribution < -0.4 is 11.3 Å². The molecular weight excluding hydrogens is 602 g/mol. The lowest BCUT2D eigenvalue weighted by atomic mass is 9.99. The molecule has 1 aliphatic carbocycles. The van der Waals surface area contributed by atoms with Crippen molar-refractivity contribution < 1.29 is 62.5 Å². The van der Waals surface area contributed by atoms with E-state index in [-0.39, 0.29) is 23.5 Å². The Morgan fingerprint density at radius 2 is 1.85 bits per heavy atom. The molecule has 1 saturated heterocycles. The molecule has 24 heteroatoms. The quantitative estimate of drug-likeness (QED) is 0.0561. The maximum atomic E-state index is 12.4. The second-order valence-corrected chi connectivity index (χ2v) is 12.2. The van der Waals surface area contributed by atoms with E-state index in [1.807, 2.05) is 0 Å². The highest BCUT2D eigenvalue weighted by Gasteiger charge is 2.49. The number of phosphoric ester groups is 2. The van der Waals surface area contributed by atoms with Crippen LogP contribution in [0.3, 0.4) is 0 Å². The van der Waals surface area contributed by atoms with E-state index in [9.17, 15) is 49.2 Å². The van der Waals surface area contributed by atoms with Gasteiger partial charge >= 0.3 is 15.6 Å². The van der Waals surface area contributed by atoms with Crippen molar-refractivity contribution in [1.82, 2.24) is 19.5 Å². The fourth-order valence-corrected chi connectivity index (χ4v) is 6.69. The van der Waals surface area contributed by atoms with E-state index in [0.717, 1.165) is 0 Å². The second-order valence-electron chi connectivity index (χ2n) is 9.17. The third-order valence-corrected chi connectivity index (χ3v) is 9.07. The molecule has 2 aliphatic rings. The smallest absolute Gasteiger partial charge is 0.390 e. The number of hydrogen-bond donors (Lipinski definition) is 9. The molecule has 11 atom stereocenters. The van der Waals surface area contributed by atoms with Gasteiger partial charge in [0.15, 0.2) is 17.5 Å². The van der Waals surface area contributed by atoms with Crippen molar-refractivity contribution in [3.63, 3.8) is 0 Å². The summed E-state index contributed by atoms with van der Waals surface area (Å²) in [5.41, 5.74) is 13.2. The highest BCUT2D eigenvalue weighted by Crippen LogP contribution is 2.61. The Morgan fingerprint density at radius 3 is 2.54 bits per heavy atom. The lowest BCUT2D eigenvalue weighted by Gasteiger charge is -2.39. The number of hydrogen-bond acceptors (Lipinski definition) is 16. The van der Waals surface area contributed by atoms with E-state index in [1.165, 1.54) is 10.9 Å². The van der Waals surface area contributed by atoms with Gasteiger partial charge in [0.05, 0.1) is 37.7 Å². The van der Waals surface area contributed by atoms with E-state index >= 15 is 0 Å². The molecule has 0 bridgehead atoms. The van der Waals surface area contributed by atoms with Gasteiger partial charge in [-0.3, -0.25) is 18.8 Å². The fourth-order valence-electron chi connectivity index (χ4n) is 4.49. The van der Waals surface area contributed by atoms with Crippen LogP contribution in [0.15, 0.2) is 16.2 Å². The molecule has 0 amide bonds. The normalized spacial score (nSPS) is 35.0. The predicted octanol–water partition coefficient (Wildman–Crippen LogP) is -2.65. The monoisotopic (exact) mass is 628 g/mol. The van der Waals surface area contributed by atoms with E-state index in [4.69, 9.17) is 20.5 Å². The third-order valence-electron chi connectivity index (χ3n) is 6.47. The van der Waals surface area contributed by atoms with Crippen LogP contribution in [0.1, 0.15) is 12.5 Å². The maximum absolute atomic E-state index is 12.4. The predicted molar refractivity (Wildman–Crippen MR) is 130 cm³/mol. The maximum Gasteiger partial charge on any atom is 0.483 e. The summed E-state index contributed by atoms with van der Waals surface area (Å²) < 4.78 is 44.6. The Hall–Kier alpha value is -2.52. The number of imidazole rings is 1. The molecule has 3 heterocycles. The SMILES string of the molecule is [N-]=[N+]=NC[C@@H]1O[C@@H](OP(=O)(O)OP(=O)(O)OC[C@H]2C[C@@H](n3cnc4c(=O)[nH]c(N)nc43)[C@H](O)[C@@H]2O)[C@@H](O)[C@H](O)[C@@H]1O. The van der Waals surface area contributed by atoms with E-state index < -0.39 is 89.2 Å². The van der Waals surface area contributed by atoms with Crippen molar-refractivity contribution in [1.29, 1.82) is 0 Å². The molecule has 1 aliphatic heterocycles. The van der Waals surface area contributed by atoms with Crippen molar-refractivity contribution in [2.75, 3.05) is 18.9 Å². The molecule has 22 nitrogen and oxygen atoms in total. The summed E-state index contributed by atoms with van der Waals surface area (Å²) in [5, 5.41) is 54.0. The first-order valence-electron chi connectivity index (χ1n) is 11.6. The number of nitrogen functional groups attached to an aromatic ring is 1. The molecule has 228 valence electrons. The third kappa shape index (κ3) is 6.77. The number of aliphatic hydroxyl groups excluding tert-OH is 5. The number of nitrogens with one attached hydrogen (secondary N) is 1. The van der Waals surface area contributed by atoms with E-state index in [2.05, 4.69) is 33.8 Å². The van der Waals surface area contributed by atoms with E-state index in [0.29, 0.717) is 0 Å². The second kappa shape index (κ2) is 12.0. The standard InChI is InChI=1S/C17H26N8O14P2/c18-17-22-14-8(15(31)23-17)20-4-25(14)6-1-5(9(26)10(6)27)3-36-40(32,33)39-41(34,35)38-16-13(30)12(29)11(28)7(37-16)2-21-24-19/h4-7,9-13,16,26-30H,1-3H2,(H,32,33)(H,34,35)(H3,18,22,23,31)/t5-,6-,7+,9-,10+,11-,12-,13+,16+/m1/s1. The number of aromatic amines is 1. The molecule has 0 aromatic carbocycles. The minimum Gasteiger partial charge on any atom is -0.390 e. The Kier molecular flexibility index (Phi) is 9.19. The number of nitrogens with zero attached hydrogens (tertiary/aromatic N) is 6. The summed E-state index contributed by atoms with van der Waals surface area (Å²) in [5.74, 6) is -1.27. The number of phosphoric acid groups is 2. The average Bonchev–Trinajstić information content (AvgIpc) is 3.42. The molecule has 0 radical (unpaired) electrons. The van der Waals surface area contributed by atoms with Crippen LogP contribution >= 0.6 is 15.6 Å². The molecule has 10 N–H and O–H groups in total. The van der Waals surface area contributed by atoms with Gasteiger partial charge in [0.25, 0.3) is 5.56 Å². The van der Waals surface area contributed by atoms with Crippen LogP contribution in [0.2, 0.25) is 0 Å². The van der Waals surface area contributed by atoms with Crippen LogP contribution in [0, 0.1) is 5.92 Å². The highest BCUT2D eigenvalue weighted by molar-refractivity contribution is 7.61. The van der Waals surface area contributed by atoms with Gasteiger partial charge in [-0.25, -0.2) is 14.1 Å². The number of aliphatic hydroxyl groups is 5. The number of H-pyrrole nitrogens is 1. The van der Waals surface area contributed by atoms with Gasteiger partial charge in [0, 0.05) is 10.8 Å². The van der Waals surface area contributed by atoms with Crippen molar-refractivity contribution in [3.05, 3.63) is 27.1 Å². The number of anilines is 1. The zero-order valence-electron chi connectivity index (χ0n) is 20.5. The van der Waals surface area contributed by atoms with Gasteiger partial charge in [-0.1, -0.05) is 5.11 Å². The van der Waals surface area contributed by atoms with Crippen LogP contribution in [0.5, 0.6) is 0 Å². The molecule has 4 rings (SSSR count). The molecular formula is C17H26N8O14P2. The van der Waals surface area contributed by atoms with Crippen LogP contribution in [0.4, 0.5) is 5.95 Å². The largest absolute Gasteiger partial charge is 0.483 e. The number of aromatic nitrogens is 4. The molecule has 2 aromatic heterocycles. The summed E-state index contributed by atoms with van der Waals surface area (Å²) >= 11 is 0. The number of ether oxygens (including phenoxy) is 1. The number of fused-ring (bicyclic) bond motifs is 1. The molecule has 1 saturated carbocycles. The first kappa shape index (κ1) is 31.4. The van der Waals surface area contributed by atoms with Crippen molar-refractivity contribution in [2.45, 2.75) is 55.4 Å². The van der Waals surface area contributed by atoms with Crippen LogP contribution in [0.25, 0.3) is 21.6 Å².